The van der Waals surface area contributed by atoms with Crippen LogP contribution in [-0.2, 0) is 9.84 Å². The minimum absolute atomic E-state index is 0.164. The number of sulfone groups is 1. The normalized spacial score (nSPS) is 16.5. The molecule has 3 aromatic rings. The highest BCUT2D eigenvalue weighted by atomic mass is 32.2. The average molecular weight is 402 g/mol. The van der Waals surface area contributed by atoms with Gasteiger partial charge in [0.25, 0.3) is 0 Å². The number of hydrogen-bond acceptors (Lipinski definition) is 4. The van der Waals surface area contributed by atoms with Crippen LogP contribution in [0.15, 0.2) is 52.4 Å². The molecule has 0 unspecified atom stereocenters. The molecule has 1 aliphatic heterocycles. The van der Waals surface area contributed by atoms with Crippen LogP contribution < -0.4 is 5.32 Å². The van der Waals surface area contributed by atoms with E-state index in [0.717, 1.165) is 37.2 Å². The molecule has 0 atom stereocenters. The number of anilines is 1. The zero-order valence-electron chi connectivity index (χ0n) is 16.0. The minimum Gasteiger partial charge on any atom is -0.382 e. The molecule has 2 aromatic carbocycles. The second-order valence-electron chi connectivity index (χ2n) is 7.54. The average Bonchev–Trinajstić information content (AvgIpc) is 3.09. The van der Waals surface area contributed by atoms with Crippen molar-refractivity contribution >= 4 is 26.4 Å². The third-order valence-corrected chi connectivity index (χ3v) is 7.28. The molecule has 1 aliphatic rings. The van der Waals surface area contributed by atoms with E-state index in [4.69, 9.17) is 0 Å². The largest absolute Gasteiger partial charge is 0.382 e. The zero-order chi connectivity index (χ0) is 19.9. The van der Waals surface area contributed by atoms with Gasteiger partial charge in [0.05, 0.1) is 9.79 Å². The van der Waals surface area contributed by atoms with E-state index in [1.165, 1.54) is 24.4 Å². The van der Waals surface area contributed by atoms with E-state index in [1.54, 1.807) is 12.1 Å². The Kier molecular flexibility index (Phi) is 4.89. The van der Waals surface area contributed by atoms with Crippen LogP contribution in [0.25, 0.3) is 10.9 Å². The first-order chi connectivity index (χ1) is 13.3. The Morgan fingerprint density at radius 2 is 1.89 bits per heavy atom. The molecule has 0 saturated carbocycles. The Morgan fingerprint density at radius 1 is 1.14 bits per heavy atom. The van der Waals surface area contributed by atoms with Crippen molar-refractivity contribution in [2.75, 3.05) is 25.5 Å². The summed E-state index contributed by atoms with van der Waals surface area (Å²) in [6.07, 6.45) is 3.49. The fourth-order valence-corrected chi connectivity index (χ4v) is 5.17. The minimum atomic E-state index is -3.73. The van der Waals surface area contributed by atoms with Crippen molar-refractivity contribution in [2.45, 2.75) is 35.6 Å². The molecule has 148 valence electrons. The Morgan fingerprint density at radius 3 is 2.64 bits per heavy atom. The quantitative estimate of drug-likeness (QED) is 0.695. The zero-order valence-corrected chi connectivity index (χ0v) is 16.8. The molecule has 0 spiro atoms. The molecule has 0 amide bonds. The number of aryl methyl sites for hydroxylation is 1. The molecule has 1 aromatic heterocycles. The van der Waals surface area contributed by atoms with Gasteiger partial charge in [-0.05, 0) is 75.8 Å². The van der Waals surface area contributed by atoms with Crippen LogP contribution in [0.3, 0.4) is 0 Å². The van der Waals surface area contributed by atoms with E-state index in [-0.39, 0.29) is 9.79 Å². The van der Waals surface area contributed by atoms with Gasteiger partial charge in [-0.25, -0.2) is 12.8 Å². The van der Waals surface area contributed by atoms with Crippen LogP contribution in [0.2, 0.25) is 0 Å². The highest BCUT2D eigenvalue weighted by molar-refractivity contribution is 7.91. The number of nitrogens with zero attached hydrogens (tertiary/aromatic N) is 1. The fourth-order valence-electron chi connectivity index (χ4n) is 3.72. The summed E-state index contributed by atoms with van der Waals surface area (Å²) in [7, 11) is -1.61. The van der Waals surface area contributed by atoms with Crippen LogP contribution in [-0.4, -0.2) is 44.5 Å². The summed E-state index contributed by atoms with van der Waals surface area (Å²) in [6.45, 7) is 4.03. The predicted molar refractivity (Wildman–Crippen MR) is 109 cm³/mol. The molecule has 28 heavy (non-hydrogen) atoms. The van der Waals surface area contributed by atoms with E-state index in [1.807, 2.05) is 13.0 Å². The summed E-state index contributed by atoms with van der Waals surface area (Å²) in [5, 5.41) is 4.02. The number of fused-ring (bicyclic) bond motifs is 1. The van der Waals surface area contributed by atoms with Gasteiger partial charge in [0.1, 0.15) is 5.82 Å². The van der Waals surface area contributed by atoms with Crippen molar-refractivity contribution in [1.82, 2.24) is 9.88 Å². The molecular formula is C21H24FN3O2S. The number of benzene rings is 2. The third kappa shape index (κ3) is 3.52. The monoisotopic (exact) mass is 401 g/mol. The lowest BCUT2D eigenvalue weighted by atomic mass is 10.0. The van der Waals surface area contributed by atoms with Gasteiger partial charge in [0, 0.05) is 28.8 Å². The van der Waals surface area contributed by atoms with Crippen molar-refractivity contribution < 1.29 is 12.8 Å². The molecule has 5 nitrogen and oxygen atoms in total. The van der Waals surface area contributed by atoms with Gasteiger partial charge in [0.2, 0.25) is 9.84 Å². The number of nitrogens with one attached hydrogen (secondary N) is 2. The fraction of sp³-hybridized carbons (Fsp3) is 0.333. The van der Waals surface area contributed by atoms with Crippen LogP contribution >= 0.6 is 0 Å². The molecule has 0 bridgehead atoms. The van der Waals surface area contributed by atoms with Gasteiger partial charge >= 0.3 is 0 Å². The Hall–Kier alpha value is -2.38. The smallest absolute Gasteiger partial charge is 0.208 e. The van der Waals surface area contributed by atoms with Crippen molar-refractivity contribution in [3.8, 4) is 0 Å². The topological polar surface area (TPSA) is 65.2 Å². The van der Waals surface area contributed by atoms with E-state index in [9.17, 15) is 12.8 Å². The molecule has 1 saturated heterocycles. The first kappa shape index (κ1) is 19.0. The second-order valence-corrected chi connectivity index (χ2v) is 9.46. The number of halogens is 1. The van der Waals surface area contributed by atoms with E-state index >= 15 is 0 Å². The van der Waals surface area contributed by atoms with Gasteiger partial charge in [-0.2, -0.15) is 0 Å². The molecule has 0 radical (unpaired) electrons. The Bertz CT molecular complexity index is 1120. The van der Waals surface area contributed by atoms with E-state index in [0.29, 0.717) is 16.9 Å². The Labute approximate surface area is 164 Å². The van der Waals surface area contributed by atoms with Gasteiger partial charge in [-0.3, -0.25) is 0 Å². The maximum atomic E-state index is 13.4. The highest BCUT2D eigenvalue weighted by Crippen LogP contribution is 2.31. The number of aromatic nitrogens is 1. The third-order valence-electron chi connectivity index (χ3n) is 5.49. The van der Waals surface area contributed by atoms with Crippen LogP contribution in [0.5, 0.6) is 0 Å². The van der Waals surface area contributed by atoms with Crippen molar-refractivity contribution in [2.24, 2.45) is 0 Å². The number of piperidine rings is 1. The predicted octanol–water partition coefficient (Wildman–Crippen LogP) is 3.95. The number of likely N-dealkylation sites (tertiary alicyclic amines) is 1. The lowest BCUT2D eigenvalue weighted by Gasteiger charge is -2.30. The summed E-state index contributed by atoms with van der Waals surface area (Å²) in [5.41, 5.74) is 2.33. The van der Waals surface area contributed by atoms with Crippen LogP contribution in [0.4, 0.5) is 10.1 Å². The number of aromatic amines is 1. The second kappa shape index (κ2) is 7.22. The first-order valence-corrected chi connectivity index (χ1v) is 10.9. The van der Waals surface area contributed by atoms with Crippen molar-refractivity contribution in [1.29, 1.82) is 0 Å². The SMILES string of the molecule is Cc1ccc(S(=O)(=O)c2c[nH]c3cc(F)ccc23)cc1NC1CCN(C)CC1. The molecule has 2 heterocycles. The molecule has 7 heteroatoms. The van der Waals surface area contributed by atoms with Crippen LogP contribution in [0.1, 0.15) is 18.4 Å². The van der Waals surface area contributed by atoms with Gasteiger partial charge in [0.15, 0.2) is 0 Å². The van der Waals surface area contributed by atoms with E-state index < -0.39 is 15.7 Å². The molecule has 4 rings (SSSR count). The summed E-state index contributed by atoms with van der Waals surface area (Å²) < 4.78 is 39.9. The maximum absolute atomic E-state index is 13.4. The maximum Gasteiger partial charge on any atom is 0.208 e. The summed E-state index contributed by atoms with van der Waals surface area (Å²) in [4.78, 5) is 5.56. The number of H-pyrrole nitrogens is 1. The molecule has 2 N–H and O–H groups in total. The van der Waals surface area contributed by atoms with Crippen molar-refractivity contribution in [3.05, 3.63) is 54.0 Å². The van der Waals surface area contributed by atoms with Crippen LogP contribution in [0, 0.1) is 12.7 Å². The summed E-state index contributed by atoms with van der Waals surface area (Å²) in [5.74, 6) is -0.404. The molecular weight excluding hydrogens is 377 g/mol. The van der Waals surface area contributed by atoms with Gasteiger partial charge in [-0.1, -0.05) is 6.07 Å². The lowest BCUT2D eigenvalue weighted by Crippen LogP contribution is -2.36. The Balaban J connectivity index is 1.68. The van der Waals surface area contributed by atoms with E-state index in [2.05, 4.69) is 22.2 Å². The molecule has 0 aliphatic carbocycles. The van der Waals surface area contributed by atoms with Gasteiger partial charge in [-0.15, -0.1) is 0 Å². The molecule has 1 fully saturated rings. The summed E-state index contributed by atoms with van der Waals surface area (Å²) >= 11 is 0. The first-order valence-electron chi connectivity index (χ1n) is 9.42. The lowest BCUT2D eigenvalue weighted by molar-refractivity contribution is 0.264. The van der Waals surface area contributed by atoms with Crippen molar-refractivity contribution in [3.63, 3.8) is 0 Å². The number of hydrogen-bond donors (Lipinski definition) is 2. The van der Waals surface area contributed by atoms with Gasteiger partial charge < -0.3 is 15.2 Å². The highest BCUT2D eigenvalue weighted by Gasteiger charge is 2.24. The standard InChI is InChI=1S/C21H24FN3O2S/c1-14-3-5-17(12-19(14)24-16-7-9-25(2)10-8-16)28(26,27)21-13-23-20-11-15(22)4-6-18(20)21/h3-6,11-13,16,23-24H,7-10H2,1-2H3. The number of rotatable bonds is 4. The summed E-state index contributed by atoms with van der Waals surface area (Å²) in [6, 6.07) is 9.59.